The van der Waals surface area contributed by atoms with Crippen LogP contribution < -0.4 is 4.74 Å². The van der Waals surface area contributed by atoms with Crippen molar-refractivity contribution in [2.75, 3.05) is 0 Å². The number of aliphatic hydroxyl groups excluding tert-OH is 2. The number of aliphatic hydroxyl groups is 2. The van der Waals surface area contributed by atoms with Gasteiger partial charge in [-0.25, -0.2) is 8.78 Å². The Hall–Kier alpha value is -4.52. The van der Waals surface area contributed by atoms with Crippen LogP contribution in [0.3, 0.4) is 0 Å². The fraction of sp³-hybridized carbons (Fsp3) is 0.333. The third kappa shape index (κ3) is 7.88. The van der Waals surface area contributed by atoms with Gasteiger partial charge >= 0.3 is 0 Å². The number of benzene rings is 5. The Morgan fingerprint density at radius 3 is 1.47 bits per heavy atom. The second-order valence-electron chi connectivity index (χ2n) is 14.0. The normalized spacial score (nSPS) is 23.6. The van der Waals surface area contributed by atoms with E-state index in [1.54, 1.807) is 42.5 Å². The van der Waals surface area contributed by atoms with Crippen LogP contribution in [-0.2, 0) is 17.4 Å². The third-order valence-corrected chi connectivity index (χ3v) is 10.9. The lowest BCUT2D eigenvalue weighted by molar-refractivity contribution is 0.0924. The zero-order valence-electron chi connectivity index (χ0n) is 29.1. The molecule has 2 saturated carbocycles. The lowest BCUT2D eigenvalue weighted by atomic mass is 9.67. The van der Waals surface area contributed by atoms with Crippen molar-refractivity contribution in [2.45, 2.75) is 93.9 Å². The maximum Gasteiger partial charge on any atom is 0.127 e. The van der Waals surface area contributed by atoms with Gasteiger partial charge in [0, 0.05) is 22.0 Å². The first-order valence-electron chi connectivity index (χ1n) is 18.3. The Kier molecular flexibility index (Phi) is 11.9. The summed E-state index contributed by atoms with van der Waals surface area (Å²) in [6, 6.07) is 38.3. The number of hydrogen-bond acceptors (Lipinski definition) is 4. The number of rotatable bonds is 7. The molecule has 266 valence electrons. The molecule has 0 radical (unpaired) electrons. The molecule has 3 N–H and O–H groups in total. The van der Waals surface area contributed by atoms with E-state index in [2.05, 4.69) is 0 Å². The van der Waals surface area contributed by atoms with Crippen LogP contribution in [0.25, 0.3) is 0 Å². The molecule has 0 heterocycles. The maximum atomic E-state index is 14.9. The van der Waals surface area contributed by atoms with Gasteiger partial charge in [0.15, 0.2) is 0 Å². The van der Waals surface area contributed by atoms with Crippen molar-refractivity contribution in [1.29, 1.82) is 0 Å². The molecule has 5 aromatic carbocycles. The van der Waals surface area contributed by atoms with E-state index in [1.807, 2.05) is 72.8 Å². The Labute approximate surface area is 300 Å². The van der Waals surface area contributed by atoms with Crippen molar-refractivity contribution in [3.8, 4) is 11.5 Å². The Morgan fingerprint density at radius 1 is 0.529 bits per heavy atom. The molecule has 0 saturated heterocycles. The quantitative estimate of drug-likeness (QED) is 0.149. The number of ether oxygens (including phenoxy) is 1. The summed E-state index contributed by atoms with van der Waals surface area (Å²) < 4.78 is 35.3. The van der Waals surface area contributed by atoms with Crippen LogP contribution >= 0.6 is 0 Å². The summed E-state index contributed by atoms with van der Waals surface area (Å²) in [5, 5.41) is 31.6. The third-order valence-electron chi connectivity index (χ3n) is 10.9. The SMILES string of the molecule is OC1CCCCCC1(c1ccc(OCc2ccccc2)cc1)c1ccccc1F.Oc1ccc(C2(c3ccccc3F)CCCCCC2O)cc1. The van der Waals surface area contributed by atoms with E-state index in [1.165, 1.54) is 12.1 Å². The summed E-state index contributed by atoms with van der Waals surface area (Å²) in [4.78, 5) is 0. The van der Waals surface area contributed by atoms with Crippen LogP contribution in [0.2, 0.25) is 0 Å². The maximum absolute atomic E-state index is 14.9. The Bertz CT molecular complexity index is 1830. The van der Waals surface area contributed by atoms with Crippen molar-refractivity contribution < 1.29 is 28.8 Å². The molecule has 2 fully saturated rings. The largest absolute Gasteiger partial charge is 0.508 e. The number of hydrogen-bond donors (Lipinski definition) is 3. The lowest BCUT2D eigenvalue weighted by Gasteiger charge is -2.38. The summed E-state index contributed by atoms with van der Waals surface area (Å²) in [5.41, 5.74) is 2.60. The second kappa shape index (κ2) is 16.7. The average Bonchev–Trinajstić information content (AvgIpc) is 3.48. The number of phenols is 1. The van der Waals surface area contributed by atoms with Gasteiger partial charge in [0.2, 0.25) is 0 Å². The molecule has 0 aliphatic heterocycles. The molecule has 4 atom stereocenters. The van der Waals surface area contributed by atoms with Crippen molar-refractivity contribution >= 4 is 0 Å². The standard InChI is InChI=1S/C26H27FO2.C19H21FO2/c27-24-12-7-6-11-23(24)26(18-8-2-5-13-25(26)28)21-14-16-22(17-15-21)29-19-20-9-3-1-4-10-20;20-17-7-4-3-6-16(17)19(13-5-1-2-8-18(19)22)14-9-11-15(21)12-10-14/h1,3-4,6-7,9-12,14-17,25,28H,2,5,8,13,18-19H2;3-4,6-7,9-12,18,21-22H,1-2,5,8,13H2. The topological polar surface area (TPSA) is 69.9 Å². The second-order valence-corrected chi connectivity index (χ2v) is 14.0. The Balaban J connectivity index is 0.000000183. The molecule has 4 nitrogen and oxygen atoms in total. The molecule has 4 unspecified atom stereocenters. The fourth-order valence-electron chi connectivity index (χ4n) is 8.27. The van der Waals surface area contributed by atoms with Crippen molar-refractivity contribution in [3.05, 3.63) is 167 Å². The van der Waals surface area contributed by atoms with Crippen LogP contribution in [-0.4, -0.2) is 27.5 Å². The Morgan fingerprint density at radius 2 is 0.980 bits per heavy atom. The summed E-state index contributed by atoms with van der Waals surface area (Å²) in [6.07, 6.45) is 7.50. The molecular formula is C45H48F2O4. The highest BCUT2D eigenvalue weighted by molar-refractivity contribution is 5.45. The summed E-state index contributed by atoms with van der Waals surface area (Å²) in [6.45, 7) is 0.501. The van der Waals surface area contributed by atoms with Crippen molar-refractivity contribution in [3.63, 3.8) is 0 Å². The molecule has 0 aromatic heterocycles. The van der Waals surface area contributed by atoms with Crippen molar-refractivity contribution in [1.82, 2.24) is 0 Å². The first-order chi connectivity index (χ1) is 24.8. The highest BCUT2D eigenvalue weighted by Crippen LogP contribution is 2.47. The minimum Gasteiger partial charge on any atom is -0.508 e. The van der Waals surface area contributed by atoms with Gasteiger partial charge in [0.25, 0.3) is 0 Å². The van der Waals surface area contributed by atoms with Gasteiger partial charge in [-0.05, 0) is 78.8 Å². The molecule has 0 amide bonds. The van der Waals surface area contributed by atoms with E-state index in [0.717, 1.165) is 67.4 Å². The van der Waals surface area contributed by atoms with Crippen molar-refractivity contribution in [2.24, 2.45) is 0 Å². The highest BCUT2D eigenvalue weighted by atomic mass is 19.1. The summed E-state index contributed by atoms with van der Waals surface area (Å²) in [5.74, 6) is 0.411. The number of phenolic OH excluding ortho intramolecular Hbond substituents is 1. The van der Waals surface area contributed by atoms with Gasteiger partial charge in [-0.15, -0.1) is 0 Å². The van der Waals surface area contributed by atoms with Crippen LogP contribution in [0, 0.1) is 11.6 Å². The van der Waals surface area contributed by atoms with Gasteiger partial charge in [0.1, 0.15) is 29.7 Å². The number of halogens is 2. The molecular weight excluding hydrogens is 642 g/mol. The molecule has 2 aliphatic carbocycles. The molecule has 51 heavy (non-hydrogen) atoms. The van der Waals surface area contributed by atoms with Gasteiger partial charge in [-0.3, -0.25) is 0 Å². The molecule has 6 heteroatoms. The van der Waals surface area contributed by atoms with Gasteiger partial charge in [-0.2, -0.15) is 0 Å². The zero-order valence-corrected chi connectivity index (χ0v) is 29.1. The van der Waals surface area contributed by atoms with Crippen LogP contribution in [0.15, 0.2) is 127 Å². The van der Waals surface area contributed by atoms with Gasteiger partial charge in [-0.1, -0.05) is 130 Å². The van der Waals surface area contributed by atoms with Crippen LogP contribution in [0.1, 0.15) is 92.0 Å². The summed E-state index contributed by atoms with van der Waals surface area (Å²) >= 11 is 0. The minimum atomic E-state index is -0.741. The molecule has 0 spiro atoms. The first-order valence-corrected chi connectivity index (χ1v) is 18.3. The highest BCUT2D eigenvalue weighted by Gasteiger charge is 2.44. The smallest absolute Gasteiger partial charge is 0.127 e. The molecule has 0 bridgehead atoms. The van der Waals surface area contributed by atoms with E-state index in [4.69, 9.17) is 4.74 Å². The van der Waals surface area contributed by atoms with E-state index in [0.29, 0.717) is 37.0 Å². The molecule has 5 aromatic rings. The van der Waals surface area contributed by atoms with Crippen LogP contribution in [0.4, 0.5) is 8.78 Å². The van der Waals surface area contributed by atoms with Gasteiger partial charge < -0.3 is 20.1 Å². The van der Waals surface area contributed by atoms with Crippen LogP contribution in [0.5, 0.6) is 11.5 Å². The van der Waals surface area contributed by atoms with E-state index < -0.39 is 23.0 Å². The van der Waals surface area contributed by atoms with E-state index in [9.17, 15) is 24.1 Å². The average molecular weight is 691 g/mol. The minimum absolute atomic E-state index is 0.176. The predicted molar refractivity (Wildman–Crippen MR) is 198 cm³/mol. The summed E-state index contributed by atoms with van der Waals surface area (Å²) in [7, 11) is 0. The lowest BCUT2D eigenvalue weighted by Crippen LogP contribution is -2.40. The number of aromatic hydroxyl groups is 1. The van der Waals surface area contributed by atoms with E-state index in [-0.39, 0.29) is 17.4 Å². The molecule has 7 rings (SSSR count). The first kappa shape index (κ1) is 36.3. The fourth-order valence-corrected chi connectivity index (χ4v) is 8.27. The predicted octanol–water partition coefficient (Wildman–Crippen LogP) is 10.2. The van der Waals surface area contributed by atoms with E-state index >= 15 is 0 Å². The molecule has 2 aliphatic rings. The monoisotopic (exact) mass is 690 g/mol. The van der Waals surface area contributed by atoms with Gasteiger partial charge in [0.05, 0.1) is 12.2 Å². The zero-order chi connectivity index (χ0) is 35.7.